The first kappa shape index (κ1) is 35.4. The number of piperidine rings is 1. The molecule has 0 bridgehead atoms. The SMILES string of the molecule is CC(C)C(CS(=N)(=O)C(C)C)N1C(=O)[C@@](C)(CC(=O)Nc2ccc(F)cc2Br)C[C@H](c2cccc(Cl)c2)[C@H]1c1ccc(Cl)cc1. The Balaban J connectivity index is 1.88. The van der Waals surface area contributed by atoms with Gasteiger partial charge in [0.2, 0.25) is 11.8 Å². The fourth-order valence-corrected chi connectivity index (χ4v) is 8.30. The zero-order chi connectivity index (χ0) is 33.3. The number of carbonyl (C=O) groups excluding carboxylic acids is 2. The summed E-state index contributed by atoms with van der Waals surface area (Å²) >= 11 is 16.1. The van der Waals surface area contributed by atoms with Crippen LogP contribution < -0.4 is 5.32 Å². The van der Waals surface area contributed by atoms with E-state index >= 15 is 0 Å². The van der Waals surface area contributed by atoms with Crippen LogP contribution in [0.2, 0.25) is 10.0 Å². The minimum absolute atomic E-state index is 0.00870. The van der Waals surface area contributed by atoms with E-state index in [-0.39, 0.29) is 29.9 Å². The largest absolute Gasteiger partial charge is 0.330 e. The van der Waals surface area contributed by atoms with Gasteiger partial charge in [0.25, 0.3) is 0 Å². The van der Waals surface area contributed by atoms with Gasteiger partial charge < -0.3 is 10.2 Å². The summed E-state index contributed by atoms with van der Waals surface area (Å²) in [6, 6.07) is 17.7. The molecule has 0 saturated carbocycles. The summed E-state index contributed by atoms with van der Waals surface area (Å²) in [5.74, 6) is -1.58. The lowest BCUT2D eigenvalue weighted by atomic mass is 9.66. The Morgan fingerprint density at radius 1 is 1.07 bits per heavy atom. The molecule has 0 radical (unpaired) electrons. The van der Waals surface area contributed by atoms with Crippen LogP contribution in [0.4, 0.5) is 10.1 Å². The van der Waals surface area contributed by atoms with Crippen molar-refractivity contribution in [2.24, 2.45) is 11.3 Å². The second kappa shape index (κ2) is 14.1. The molecule has 2 N–H and O–H groups in total. The summed E-state index contributed by atoms with van der Waals surface area (Å²) in [7, 11) is -3.08. The molecule has 6 nitrogen and oxygen atoms in total. The number of hydrogen-bond donors (Lipinski definition) is 2. The molecule has 0 aliphatic carbocycles. The number of likely N-dealkylation sites (tertiary alicyclic amines) is 1. The van der Waals surface area contributed by atoms with Crippen LogP contribution in [0, 0.1) is 21.9 Å². The number of amides is 2. The third-order valence-corrected chi connectivity index (χ3v) is 12.2. The molecule has 1 saturated heterocycles. The van der Waals surface area contributed by atoms with Gasteiger partial charge in [0.05, 0.1) is 22.9 Å². The molecule has 2 amide bonds. The summed E-state index contributed by atoms with van der Waals surface area (Å²) in [5.41, 5.74) is 0.943. The molecule has 0 spiro atoms. The van der Waals surface area contributed by atoms with Gasteiger partial charge in [-0.1, -0.05) is 82.1 Å². The molecular formula is C34H39BrCl2FN3O3S. The van der Waals surface area contributed by atoms with Gasteiger partial charge in [-0.3, -0.25) is 14.4 Å². The molecule has 0 aromatic heterocycles. The lowest BCUT2D eigenvalue weighted by Gasteiger charge is -2.53. The van der Waals surface area contributed by atoms with Gasteiger partial charge >= 0.3 is 0 Å². The zero-order valence-electron chi connectivity index (χ0n) is 26.0. The average molecular weight is 740 g/mol. The first-order valence-electron chi connectivity index (χ1n) is 14.9. The van der Waals surface area contributed by atoms with Gasteiger partial charge in [-0.25, -0.2) is 8.60 Å². The normalized spacial score (nSPS) is 22.4. The Labute approximate surface area is 284 Å². The third kappa shape index (κ3) is 8.10. The summed E-state index contributed by atoms with van der Waals surface area (Å²) < 4.78 is 36.5. The van der Waals surface area contributed by atoms with Crippen LogP contribution in [0.25, 0.3) is 0 Å². The monoisotopic (exact) mass is 737 g/mol. The highest BCUT2D eigenvalue weighted by Crippen LogP contribution is 2.52. The van der Waals surface area contributed by atoms with Crippen molar-refractivity contribution in [2.75, 3.05) is 11.1 Å². The Kier molecular flexibility index (Phi) is 11.1. The van der Waals surface area contributed by atoms with Crippen molar-refractivity contribution in [1.29, 1.82) is 4.78 Å². The topological polar surface area (TPSA) is 90.3 Å². The Morgan fingerprint density at radius 2 is 1.73 bits per heavy atom. The number of carbonyl (C=O) groups is 2. The van der Waals surface area contributed by atoms with Gasteiger partial charge in [-0.05, 0) is 81.9 Å². The molecule has 4 rings (SSSR count). The summed E-state index contributed by atoms with van der Waals surface area (Å²) in [4.78, 5) is 30.3. The van der Waals surface area contributed by atoms with E-state index in [2.05, 4.69) is 21.2 Å². The van der Waals surface area contributed by atoms with Crippen molar-refractivity contribution >= 4 is 66.4 Å². The van der Waals surface area contributed by atoms with E-state index in [0.29, 0.717) is 26.6 Å². The first-order chi connectivity index (χ1) is 21.0. The molecule has 3 aromatic rings. The minimum Gasteiger partial charge on any atom is -0.330 e. The highest BCUT2D eigenvalue weighted by atomic mass is 79.9. The standard InChI is InChI=1S/C34H39BrCl2FN3O3S/c1-20(2)30(19-45(39,44)21(3)4)41-32(22-9-11-24(36)12-10-22)27(23-7-6-8-25(37)15-23)17-34(5,33(41)43)18-31(42)40-29-14-13-26(38)16-28(29)35/h6-16,20-21,27,30,32,39H,17-19H2,1-5H3,(H,40,42)/t27-,30?,32-,34-,45?/m1/s1. The van der Waals surface area contributed by atoms with Gasteiger partial charge in [-0.15, -0.1) is 0 Å². The van der Waals surface area contributed by atoms with E-state index < -0.39 is 44.2 Å². The van der Waals surface area contributed by atoms with Crippen LogP contribution >= 0.6 is 39.1 Å². The predicted molar refractivity (Wildman–Crippen MR) is 185 cm³/mol. The Morgan fingerprint density at radius 3 is 2.31 bits per heavy atom. The Bertz CT molecular complexity index is 1670. The quantitative estimate of drug-likeness (QED) is 0.217. The molecule has 1 heterocycles. The van der Waals surface area contributed by atoms with Crippen LogP contribution in [0.3, 0.4) is 0 Å². The van der Waals surface area contributed by atoms with Crippen LogP contribution in [0.1, 0.15) is 70.5 Å². The lowest BCUT2D eigenvalue weighted by molar-refractivity contribution is -0.157. The fourth-order valence-electron chi connectivity index (χ4n) is 6.09. The van der Waals surface area contributed by atoms with Crippen LogP contribution in [-0.4, -0.2) is 38.0 Å². The van der Waals surface area contributed by atoms with E-state index in [9.17, 15) is 18.2 Å². The highest BCUT2D eigenvalue weighted by Gasteiger charge is 2.53. The van der Waals surface area contributed by atoms with E-state index in [1.165, 1.54) is 18.2 Å². The second-order valence-electron chi connectivity index (χ2n) is 12.7. The molecule has 3 aromatic carbocycles. The van der Waals surface area contributed by atoms with Crippen LogP contribution in [-0.2, 0) is 19.3 Å². The number of hydrogen-bond acceptors (Lipinski definition) is 4. The molecule has 45 heavy (non-hydrogen) atoms. The van der Waals surface area contributed by atoms with E-state index in [1.54, 1.807) is 43.9 Å². The minimum atomic E-state index is -3.08. The maximum Gasteiger partial charge on any atom is 0.229 e. The summed E-state index contributed by atoms with van der Waals surface area (Å²) in [6.07, 6.45) is 0.168. The molecule has 11 heteroatoms. The first-order valence-corrected chi connectivity index (χ1v) is 18.2. The van der Waals surface area contributed by atoms with Crippen LogP contribution in [0.5, 0.6) is 0 Å². The van der Waals surface area contributed by atoms with Gasteiger partial charge in [0.15, 0.2) is 0 Å². The van der Waals surface area contributed by atoms with Gasteiger partial charge in [-0.2, -0.15) is 0 Å². The maximum atomic E-state index is 14.9. The van der Waals surface area contributed by atoms with E-state index in [4.69, 9.17) is 28.0 Å². The van der Waals surface area contributed by atoms with Crippen molar-refractivity contribution in [2.45, 2.75) is 70.7 Å². The highest BCUT2D eigenvalue weighted by molar-refractivity contribution is 9.10. The lowest BCUT2D eigenvalue weighted by Crippen LogP contribution is -2.59. The van der Waals surface area contributed by atoms with Gasteiger partial charge in [0, 0.05) is 47.9 Å². The number of anilines is 1. The Hall–Kier alpha value is -2.46. The van der Waals surface area contributed by atoms with E-state index in [1.807, 2.05) is 44.2 Å². The van der Waals surface area contributed by atoms with Crippen molar-refractivity contribution in [3.8, 4) is 0 Å². The predicted octanol–water partition coefficient (Wildman–Crippen LogP) is 9.47. The molecule has 1 aliphatic rings. The molecule has 5 atom stereocenters. The second-order valence-corrected chi connectivity index (χ2v) is 17.2. The molecular weight excluding hydrogens is 700 g/mol. The number of nitrogens with one attached hydrogen (secondary N) is 2. The van der Waals surface area contributed by atoms with Crippen molar-refractivity contribution < 1.29 is 18.2 Å². The van der Waals surface area contributed by atoms with Crippen molar-refractivity contribution in [1.82, 2.24) is 4.90 Å². The fraction of sp³-hybridized carbons (Fsp3) is 0.412. The summed E-state index contributed by atoms with van der Waals surface area (Å²) in [6.45, 7) is 9.24. The zero-order valence-corrected chi connectivity index (χ0v) is 29.9. The maximum absolute atomic E-state index is 14.9. The van der Waals surface area contributed by atoms with Gasteiger partial charge in [0.1, 0.15) is 5.82 Å². The smallest absolute Gasteiger partial charge is 0.229 e. The summed E-state index contributed by atoms with van der Waals surface area (Å²) in [5, 5.41) is 3.51. The molecule has 242 valence electrons. The molecule has 2 unspecified atom stereocenters. The van der Waals surface area contributed by atoms with Crippen molar-refractivity contribution in [3.05, 3.63) is 98.2 Å². The molecule has 1 fully saturated rings. The average Bonchev–Trinajstić information content (AvgIpc) is 2.95. The van der Waals surface area contributed by atoms with Crippen LogP contribution in [0.15, 0.2) is 71.2 Å². The number of nitrogens with zero attached hydrogens (tertiary/aromatic N) is 1. The number of halogens is 4. The van der Waals surface area contributed by atoms with Crippen molar-refractivity contribution in [3.63, 3.8) is 0 Å². The third-order valence-electron chi connectivity index (χ3n) is 8.65. The number of benzene rings is 3. The number of rotatable bonds is 10. The molecule has 1 aliphatic heterocycles. The van der Waals surface area contributed by atoms with E-state index in [0.717, 1.165) is 11.1 Å².